The number of aliphatic hydroxyl groups is 3. The van der Waals surface area contributed by atoms with E-state index >= 15 is 0 Å². The molecule has 1 aliphatic rings. The minimum Gasteiger partial charge on any atom is -0.394 e. The van der Waals surface area contributed by atoms with Crippen molar-refractivity contribution in [1.29, 1.82) is 0 Å². The number of rotatable bonds is 6. The van der Waals surface area contributed by atoms with Gasteiger partial charge in [-0.05, 0) is 19.1 Å². The largest absolute Gasteiger partial charge is 0.394 e. The van der Waals surface area contributed by atoms with Gasteiger partial charge in [0.1, 0.15) is 18.3 Å². The molecule has 2 rings (SSSR count). The highest BCUT2D eigenvalue weighted by Crippen LogP contribution is 2.29. The lowest BCUT2D eigenvalue weighted by Gasteiger charge is -2.26. The number of aromatic nitrogens is 2. The smallest absolute Gasteiger partial charge is 0.255 e. The van der Waals surface area contributed by atoms with Crippen LogP contribution < -0.4 is 5.56 Å². The summed E-state index contributed by atoms with van der Waals surface area (Å²) in [7, 11) is 2.92. The maximum Gasteiger partial charge on any atom is 0.255 e. The topological polar surface area (TPSA) is 126 Å². The number of aromatic amines is 1. The van der Waals surface area contributed by atoms with Crippen molar-refractivity contribution >= 4 is 12.2 Å². The summed E-state index contributed by atoms with van der Waals surface area (Å²) in [6.45, 7) is 1.22. The molecule has 2 heterocycles. The van der Waals surface area contributed by atoms with Crippen molar-refractivity contribution in [2.24, 2.45) is 0 Å². The molecular formula is C14H22N2O7S. The van der Waals surface area contributed by atoms with E-state index in [2.05, 4.69) is 4.98 Å². The van der Waals surface area contributed by atoms with Crippen LogP contribution in [-0.2, 0) is 20.6 Å². The van der Waals surface area contributed by atoms with Gasteiger partial charge in [0.15, 0.2) is 16.8 Å². The first kappa shape index (κ1) is 19.2. The second-order valence-electron chi connectivity index (χ2n) is 5.77. The number of hydrogen-bond donors (Lipinski definition) is 4. The van der Waals surface area contributed by atoms with Crippen LogP contribution in [0.15, 0.2) is 11.0 Å². The fourth-order valence-electron chi connectivity index (χ4n) is 2.53. The summed E-state index contributed by atoms with van der Waals surface area (Å²) >= 11 is 5.11. The minimum atomic E-state index is -1.30. The zero-order chi connectivity index (χ0) is 18.1. The second-order valence-corrected chi connectivity index (χ2v) is 6.16. The first-order valence-electron chi connectivity index (χ1n) is 7.33. The van der Waals surface area contributed by atoms with Crippen LogP contribution in [0.4, 0.5) is 0 Å². The standard InChI is InChI=1S/C14H22N2O7S/c1-14(21-2,22-3)4-7-5-16(13(24)15-11(7)20)12-10(19)9(18)8(6-17)23-12/h5,8-10,12,17-19H,4,6H2,1-3H3,(H,15,20,24)/t8-,9?,10?,12-/m1/s1. The Morgan fingerprint density at radius 1 is 1.38 bits per heavy atom. The summed E-state index contributed by atoms with van der Waals surface area (Å²) in [5.74, 6) is -1.02. The van der Waals surface area contributed by atoms with Crippen molar-refractivity contribution in [1.82, 2.24) is 9.55 Å². The third-order valence-electron chi connectivity index (χ3n) is 4.21. The van der Waals surface area contributed by atoms with E-state index in [4.69, 9.17) is 26.4 Å². The van der Waals surface area contributed by atoms with Gasteiger partial charge in [-0.2, -0.15) is 0 Å². The number of hydrogen-bond acceptors (Lipinski definition) is 8. The molecule has 1 aromatic heterocycles. The minimum absolute atomic E-state index is 0.0233. The van der Waals surface area contributed by atoms with E-state index in [1.807, 2.05) is 0 Å². The Labute approximate surface area is 143 Å². The zero-order valence-electron chi connectivity index (χ0n) is 13.6. The lowest BCUT2D eigenvalue weighted by atomic mass is 10.1. The van der Waals surface area contributed by atoms with Crippen LogP contribution in [0.1, 0.15) is 18.7 Å². The molecule has 0 radical (unpaired) electrons. The number of methoxy groups -OCH3 is 2. The molecule has 0 saturated carbocycles. The zero-order valence-corrected chi connectivity index (χ0v) is 14.4. The summed E-state index contributed by atoms with van der Waals surface area (Å²) in [6.07, 6.45) is -2.98. The highest BCUT2D eigenvalue weighted by Gasteiger charge is 2.43. The molecule has 2 unspecified atom stereocenters. The average Bonchev–Trinajstić information content (AvgIpc) is 2.85. The molecule has 4 N–H and O–H groups in total. The van der Waals surface area contributed by atoms with E-state index in [-0.39, 0.29) is 11.2 Å². The summed E-state index contributed by atoms with van der Waals surface area (Å²) in [5.41, 5.74) is -0.115. The Morgan fingerprint density at radius 2 is 2.00 bits per heavy atom. The van der Waals surface area contributed by atoms with Crippen LogP contribution in [0.5, 0.6) is 0 Å². The van der Waals surface area contributed by atoms with Gasteiger partial charge in [-0.3, -0.25) is 14.3 Å². The van der Waals surface area contributed by atoms with E-state index in [1.165, 1.54) is 25.0 Å². The van der Waals surface area contributed by atoms with Crippen molar-refractivity contribution < 1.29 is 29.5 Å². The van der Waals surface area contributed by atoms with Gasteiger partial charge in [0, 0.05) is 32.4 Å². The average molecular weight is 362 g/mol. The van der Waals surface area contributed by atoms with E-state index in [0.717, 1.165) is 0 Å². The van der Waals surface area contributed by atoms with Crippen molar-refractivity contribution in [3.63, 3.8) is 0 Å². The SMILES string of the molecule is COC(C)(Cc1cn([C@@H]2O[C@H](CO)C(O)C2O)c(=S)[nH]c1=O)OC. The van der Waals surface area contributed by atoms with Crippen LogP contribution in [0.3, 0.4) is 0 Å². The van der Waals surface area contributed by atoms with Gasteiger partial charge < -0.3 is 29.5 Å². The number of ether oxygens (including phenoxy) is 3. The highest BCUT2D eigenvalue weighted by molar-refractivity contribution is 7.71. The fourth-order valence-corrected chi connectivity index (χ4v) is 2.77. The van der Waals surface area contributed by atoms with Gasteiger partial charge in [0.2, 0.25) is 0 Å². The predicted molar refractivity (Wildman–Crippen MR) is 85.0 cm³/mol. The van der Waals surface area contributed by atoms with Gasteiger partial charge in [0.05, 0.1) is 6.61 Å². The maximum atomic E-state index is 12.1. The number of nitrogens with one attached hydrogen (secondary N) is 1. The van der Waals surface area contributed by atoms with Crippen LogP contribution >= 0.6 is 12.2 Å². The molecule has 1 aliphatic heterocycles. The van der Waals surface area contributed by atoms with Gasteiger partial charge in [-0.1, -0.05) is 0 Å². The Kier molecular flexibility index (Phi) is 5.91. The van der Waals surface area contributed by atoms with E-state index < -0.39 is 42.5 Å². The lowest BCUT2D eigenvalue weighted by molar-refractivity contribution is -0.192. The summed E-state index contributed by atoms with van der Waals surface area (Å²) in [6, 6.07) is 0. The molecule has 0 aromatic carbocycles. The second kappa shape index (κ2) is 7.40. The Bertz CT molecular complexity index is 684. The van der Waals surface area contributed by atoms with Gasteiger partial charge in [0.25, 0.3) is 5.56 Å². The van der Waals surface area contributed by atoms with Crippen molar-refractivity contribution in [2.45, 2.75) is 43.7 Å². The Balaban J connectivity index is 2.41. The highest BCUT2D eigenvalue weighted by atomic mass is 32.1. The molecule has 1 fully saturated rings. The van der Waals surface area contributed by atoms with Gasteiger partial charge in [-0.15, -0.1) is 0 Å². The first-order valence-corrected chi connectivity index (χ1v) is 7.74. The maximum absolute atomic E-state index is 12.1. The van der Waals surface area contributed by atoms with Crippen LogP contribution in [0.2, 0.25) is 0 Å². The lowest BCUT2D eigenvalue weighted by Crippen LogP contribution is -2.36. The summed E-state index contributed by atoms with van der Waals surface area (Å²) < 4.78 is 17.3. The predicted octanol–water partition coefficient (Wildman–Crippen LogP) is -0.931. The van der Waals surface area contributed by atoms with E-state index in [0.29, 0.717) is 5.56 Å². The van der Waals surface area contributed by atoms with Crippen LogP contribution in [0.25, 0.3) is 0 Å². The third-order valence-corrected chi connectivity index (χ3v) is 4.52. The number of nitrogens with zero attached hydrogens (tertiary/aromatic N) is 1. The molecular weight excluding hydrogens is 340 g/mol. The molecule has 136 valence electrons. The molecule has 0 aliphatic carbocycles. The van der Waals surface area contributed by atoms with Crippen molar-refractivity contribution in [3.8, 4) is 0 Å². The molecule has 9 nitrogen and oxygen atoms in total. The Morgan fingerprint density at radius 3 is 2.50 bits per heavy atom. The van der Waals surface area contributed by atoms with Gasteiger partial charge >= 0.3 is 0 Å². The molecule has 24 heavy (non-hydrogen) atoms. The number of aliphatic hydroxyl groups excluding tert-OH is 3. The monoisotopic (exact) mass is 362 g/mol. The molecule has 0 bridgehead atoms. The normalized spacial score (nSPS) is 27.6. The molecule has 4 atom stereocenters. The fraction of sp³-hybridized carbons (Fsp3) is 0.714. The quantitative estimate of drug-likeness (QED) is 0.378. The molecule has 10 heteroatoms. The Hall–Kier alpha value is -1.14. The van der Waals surface area contributed by atoms with E-state index in [9.17, 15) is 20.1 Å². The van der Waals surface area contributed by atoms with Crippen molar-refractivity contribution in [3.05, 3.63) is 26.9 Å². The first-order chi connectivity index (χ1) is 11.3. The van der Waals surface area contributed by atoms with Crippen LogP contribution in [0, 0.1) is 4.77 Å². The third kappa shape index (κ3) is 3.59. The molecule has 0 amide bonds. The number of H-pyrrole nitrogens is 1. The van der Waals surface area contributed by atoms with E-state index in [1.54, 1.807) is 6.92 Å². The van der Waals surface area contributed by atoms with Crippen molar-refractivity contribution in [2.75, 3.05) is 20.8 Å². The molecule has 0 spiro atoms. The molecule has 1 aromatic rings. The van der Waals surface area contributed by atoms with Gasteiger partial charge in [-0.25, -0.2) is 0 Å². The molecule has 1 saturated heterocycles. The van der Waals surface area contributed by atoms with Crippen LogP contribution in [-0.4, -0.2) is 69.8 Å². The summed E-state index contributed by atoms with van der Waals surface area (Å²) in [4.78, 5) is 14.6. The summed E-state index contributed by atoms with van der Waals surface area (Å²) in [5, 5.41) is 29.2.